The molecule has 0 spiro atoms. The van der Waals surface area contributed by atoms with E-state index in [4.69, 9.17) is 0 Å². The summed E-state index contributed by atoms with van der Waals surface area (Å²) in [6.45, 7) is 4.04. The quantitative estimate of drug-likeness (QED) is 0.735. The minimum absolute atomic E-state index is 0.123. The standard InChI is InChI=1S/C14H20N6O4/c1-8(2)5-15-13(23)17-9(21)6-20-7-16-11-10(20)12(22)19(4)14(24)18(11)3/h7-8H,5-6H2,1-4H3,(H2,15,17,21,23). The Morgan fingerprint density at radius 1 is 1.21 bits per heavy atom. The SMILES string of the molecule is CC(C)CNC(=O)NC(=O)Cn1cnc2c1c(=O)n(C)c(=O)n2C. The molecule has 0 aliphatic heterocycles. The van der Waals surface area contributed by atoms with Crippen molar-refractivity contribution >= 4 is 23.1 Å². The van der Waals surface area contributed by atoms with Crippen molar-refractivity contribution in [3.8, 4) is 0 Å². The van der Waals surface area contributed by atoms with E-state index < -0.39 is 23.2 Å². The maximum absolute atomic E-state index is 12.2. The molecule has 2 aromatic heterocycles. The number of nitrogens with zero attached hydrogens (tertiary/aromatic N) is 4. The van der Waals surface area contributed by atoms with Crippen molar-refractivity contribution in [2.24, 2.45) is 20.0 Å². The highest BCUT2D eigenvalue weighted by atomic mass is 16.2. The molecule has 0 aromatic carbocycles. The highest BCUT2D eigenvalue weighted by Crippen LogP contribution is 2.04. The van der Waals surface area contributed by atoms with Crippen molar-refractivity contribution in [3.63, 3.8) is 0 Å². The van der Waals surface area contributed by atoms with Crippen LogP contribution >= 0.6 is 0 Å². The number of hydrogen-bond acceptors (Lipinski definition) is 5. The first kappa shape index (κ1) is 17.4. The number of carbonyl (C=O) groups is 2. The normalized spacial score (nSPS) is 11.0. The first-order chi connectivity index (χ1) is 11.2. The van der Waals surface area contributed by atoms with Crippen molar-refractivity contribution < 1.29 is 9.59 Å². The van der Waals surface area contributed by atoms with E-state index in [1.807, 2.05) is 13.8 Å². The Labute approximate surface area is 137 Å². The van der Waals surface area contributed by atoms with Gasteiger partial charge in [0, 0.05) is 20.6 Å². The minimum Gasteiger partial charge on any atom is -0.338 e. The number of urea groups is 1. The molecule has 2 N–H and O–H groups in total. The number of imidazole rings is 1. The summed E-state index contributed by atoms with van der Waals surface area (Å²) in [5.41, 5.74) is -0.754. The van der Waals surface area contributed by atoms with Gasteiger partial charge in [0.1, 0.15) is 6.54 Å². The number of amides is 3. The fourth-order valence-corrected chi connectivity index (χ4v) is 2.18. The number of imide groups is 1. The topological polar surface area (TPSA) is 120 Å². The minimum atomic E-state index is -0.599. The Morgan fingerprint density at radius 3 is 2.50 bits per heavy atom. The lowest BCUT2D eigenvalue weighted by molar-refractivity contribution is -0.120. The first-order valence-corrected chi connectivity index (χ1v) is 7.41. The molecule has 0 aliphatic rings. The molecule has 0 unspecified atom stereocenters. The Bertz CT molecular complexity index is 904. The van der Waals surface area contributed by atoms with Crippen molar-refractivity contribution in [1.82, 2.24) is 29.3 Å². The van der Waals surface area contributed by atoms with Crippen LogP contribution in [0.2, 0.25) is 0 Å². The number of fused-ring (bicyclic) bond motifs is 1. The smallest absolute Gasteiger partial charge is 0.332 e. The summed E-state index contributed by atoms with van der Waals surface area (Å²) in [6, 6.07) is -0.599. The average Bonchev–Trinajstić information content (AvgIpc) is 2.92. The van der Waals surface area contributed by atoms with Crippen LogP contribution in [0.3, 0.4) is 0 Å². The van der Waals surface area contributed by atoms with Gasteiger partial charge in [-0.3, -0.25) is 24.0 Å². The van der Waals surface area contributed by atoms with Crippen LogP contribution in [0.4, 0.5) is 4.79 Å². The molecule has 0 fully saturated rings. The monoisotopic (exact) mass is 336 g/mol. The fourth-order valence-electron chi connectivity index (χ4n) is 2.18. The number of rotatable bonds is 4. The molecule has 2 heterocycles. The zero-order valence-corrected chi connectivity index (χ0v) is 14.0. The second-order valence-electron chi connectivity index (χ2n) is 5.90. The maximum Gasteiger partial charge on any atom is 0.332 e. The molecule has 10 nitrogen and oxygen atoms in total. The van der Waals surface area contributed by atoms with Crippen LogP contribution in [0.15, 0.2) is 15.9 Å². The third-order valence-corrected chi connectivity index (χ3v) is 3.45. The largest absolute Gasteiger partial charge is 0.338 e. The van der Waals surface area contributed by atoms with Gasteiger partial charge in [0.2, 0.25) is 5.91 Å². The van der Waals surface area contributed by atoms with Gasteiger partial charge in [-0.15, -0.1) is 0 Å². The molecule has 0 aliphatic carbocycles. The van der Waals surface area contributed by atoms with Crippen LogP contribution < -0.4 is 21.9 Å². The van der Waals surface area contributed by atoms with E-state index in [9.17, 15) is 19.2 Å². The molecule has 3 amide bonds. The van der Waals surface area contributed by atoms with Crippen LogP contribution in [-0.4, -0.2) is 37.2 Å². The Morgan fingerprint density at radius 2 is 1.88 bits per heavy atom. The van der Waals surface area contributed by atoms with Crippen LogP contribution in [0, 0.1) is 5.92 Å². The molecule has 2 aromatic rings. The van der Waals surface area contributed by atoms with Gasteiger partial charge >= 0.3 is 11.7 Å². The van der Waals surface area contributed by atoms with Gasteiger partial charge in [0.05, 0.1) is 6.33 Å². The number of hydrogen-bond donors (Lipinski definition) is 2. The molecule has 130 valence electrons. The number of aryl methyl sites for hydroxylation is 1. The van der Waals surface area contributed by atoms with E-state index in [0.717, 1.165) is 4.57 Å². The summed E-state index contributed by atoms with van der Waals surface area (Å²) in [4.78, 5) is 51.6. The van der Waals surface area contributed by atoms with Gasteiger partial charge in [-0.2, -0.15) is 0 Å². The summed E-state index contributed by atoms with van der Waals surface area (Å²) < 4.78 is 3.47. The van der Waals surface area contributed by atoms with Crippen molar-refractivity contribution in [1.29, 1.82) is 0 Å². The number of carbonyl (C=O) groups excluding carboxylic acids is 2. The molecule has 2 rings (SSSR count). The third kappa shape index (κ3) is 3.36. The van der Waals surface area contributed by atoms with Gasteiger partial charge in [-0.05, 0) is 5.92 Å². The summed E-state index contributed by atoms with van der Waals surface area (Å²) >= 11 is 0. The number of nitrogens with one attached hydrogen (secondary N) is 2. The number of aromatic nitrogens is 4. The van der Waals surface area contributed by atoms with E-state index in [-0.39, 0.29) is 23.6 Å². The fraction of sp³-hybridized carbons (Fsp3) is 0.500. The molecular formula is C14H20N6O4. The Hall–Kier alpha value is -2.91. The molecular weight excluding hydrogens is 316 g/mol. The lowest BCUT2D eigenvalue weighted by Gasteiger charge is -2.09. The highest BCUT2D eigenvalue weighted by Gasteiger charge is 2.16. The van der Waals surface area contributed by atoms with Crippen LogP contribution in [-0.2, 0) is 25.4 Å². The summed E-state index contributed by atoms with van der Waals surface area (Å²) in [5, 5.41) is 4.74. The van der Waals surface area contributed by atoms with Crippen molar-refractivity contribution in [3.05, 3.63) is 27.2 Å². The lowest BCUT2D eigenvalue weighted by atomic mass is 10.2. The van der Waals surface area contributed by atoms with E-state index in [1.165, 1.54) is 29.6 Å². The van der Waals surface area contributed by atoms with Crippen LogP contribution in [0.1, 0.15) is 13.8 Å². The summed E-state index contributed by atoms with van der Waals surface area (Å²) in [7, 11) is 2.84. The second kappa shape index (κ2) is 6.69. The zero-order valence-electron chi connectivity index (χ0n) is 14.0. The van der Waals surface area contributed by atoms with Crippen molar-refractivity contribution in [2.75, 3.05) is 6.54 Å². The van der Waals surface area contributed by atoms with E-state index in [2.05, 4.69) is 15.6 Å². The average molecular weight is 336 g/mol. The molecule has 0 saturated heterocycles. The van der Waals surface area contributed by atoms with E-state index in [1.54, 1.807) is 0 Å². The van der Waals surface area contributed by atoms with Gasteiger partial charge in [0.15, 0.2) is 11.2 Å². The predicted molar refractivity (Wildman–Crippen MR) is 86.6 cm³/mol. The van der Waals surface area contributed by atoms with Gasteiger partial charge in [-0.25, -0.2) is 14.6 Å². The molecule has 0 radical (unpaired) electrons. The van der Waals surface area contributed by atoms with Gasteiger partial charge < -0.3 is 9.88 Å². The summed E-state index contributed by atoms with van der Waals surface area (Å²) in [6.07, 6.45) is 1.29. The zero-order chi connectivity index (χ0) is 18.0. The molecule has 10 heteroatoms. The Kier molecular flexibility index (Phi) is 4.86. The second-order valence-corrected chi connectivity index (χ2v) is 5.90. The van der Waals surface area contributed by atoms with Crippen molar-refractivity contribution in [2.45, 2.75) is 20.4 Å². The molecule has 0 bridgehead atoms. The Balaban J connectivity index is 2.22. The summed E-state index contributed by atoms with van der Waals surface area (Å²) in [5.74, 6) is -0.334. The van der Waals surface area contributed by atoms with Gasteiger partial charge in [-0.1, -0.05) is 13.8 Å². The van der Waals surface area contributed by atoms with E-state index >= 15 is 0 Å². The van der Waals surface area contributed by atoms with Gasteiger partial charge in [0.25, 0.3) is 5.56 Å². The van der Waals surface area contributed by atoms with E-state index in [0.29, 0.717) is 6.54 Å². The predicted octanol–water partition coefficient (Wildman–Crippen LogP) is -1.08. The van der Waals surface area contributed by atoms with Crippen LogP contribution in [0.25, 0.3) is 11.2 Å². The molecule has 0 saturated carbocycles. The highest BCUT2D eigenvalue weighted by molar-refractivity contribution is 5.94. The van der Waals surface area contributed by atoms with Crippen LogP contribution in [0.5, 0.6) is 0 Å². The third-order valence-electron chi connectivity index (χ3n) is 3.45. The molecule has 0 atom stereocenters. The lowest BCUT2D eigenvalue weighted by Crippen LogP contribution is -2.42. The molecule has 24 heavy (non-hydrogen) atoms. The first-order valence-electron chi connectivity index (χ1n) is 7.41. The maximum atomic E-state index is 12.2.